The molecular weight excluding hydrogens is 208 g/mol. The van der Waals surface area contributed by atoms with E-state index in [1.807, 2.05) is 24.3 Å². The van der Waals surface area contributed by atoms with E-state index in [-0.39, 0.29) is 12.4 Å². The number of nitrogens with two attached hydrogens (primary N) is 1. The van der Waals surface area contributed by atoms with Gasteiger partial charge in [-0.1, -0.05) is 30.4 Å². The summed E-state index contributed by atoms with van der Waals surface area (Å²) in [7, 11) is 0. The highest BCUT2D eigenvalue weighted by Crippen LogP contribution is 2.30. The minimum atomic E-state index is 0. The predicted molar refractivity (Wildman–Crippen MR) is 66.1 cm³/mol. The van der Waals surface area contributed by atoms with Gasteiger partial charge < -0.3 is 5.73 Å². The van der Waals surface area contributed by atoms with Gasteiger partial charge in [0.2, 0.25) is 0 Å². The number of nitrogen functional groups attached to an aromatic ring is 1. The number of halogens is 1. The Balaban J connectivity index is 0.000000853. The SMILES string of the molecule is Cl.Nc1c2c(nc3ccccc13)CC=C2. The van der Waals surface area contributed by atoms with Gasteiger partial charge in [0, 0.05) is 17.4 Å². The molecule has 1 heterocycles. The molecule has 0 spiro atoms. The number of benzene rings is 1. The Morgan fingerprint density at radius 3 is 2.87 bits per heavy atom. The Hall–Kier alpha value is -1.54. The maximum Gasteiger partial charge on any atom is 0.0726 e. The van der Waals surface area contributed by atoms with Gasteiger partial charge >= 0.3 is 0 Å². The number of aromatic nitrogens is 1. The van der Waals surface area contributed by atoms with E-state index >= 15 is 0 Å². The van der Waals surface area contributed by atoms with Crippen molar-refractivity contribution in [2.45, 2.75) is 6.42 Å². The van der Waals surface area contributed by atoms with E-state index in [1.54, 1.807) is 0 Å². The number of fused-ring (bicyclic) bond motifs is 2. The van der Waals surface area contributed by atoms with Crippen LogP contribution in [-0.4, -0.2) is 4.98 Å². The number of hydrogen-bond acceptors (Lipinski definition) is 2. The minimum Gasteiger partial charge on any atom is -0.398 e. The summed E-state index contributed by atoms with van der Waals surface area (Å²) in [5.74, 6) is 0. The molecule has 0 fully saturated rings. The number of pyridine rings is 1. The summed E-state index contributed by atoms with van der Waals surface area (Å²) < 4.78 is 0. The van der Waals surface area contributed by atoms with Gasteiger partial charge in [0.15, 0.2) is 0 Å². The Morgan fingerprint density at radius 1 is 1.20 bits per heavy atom. The first-order chi connectivity index (χ1) is 6.86. The molecule has 0 saturated heterocycles. The molecule has 3 heteroatoms. The van der Waals surface area contributed by atoms with E-state index in [4.69, 9.17) is 5.73 Å². The molecule has 0 atom stereocenters. The van der Waals surface area contributed by atoms with Gasteiger partial charge in [-0.2, -0.15) is 0 Å². The van der Waals surface area contributed by atoms with Crippen LogP contribution in [0.4, 0.5) is 5.69 Å². The smallest absolute Gasteiger partial charge is 0.0726 e. The number of nitrogens with zero attached hydrogens (tertiary/aromatic N) is 1. The van der Waals surface area contributed by atoms with Crippen molar-refractivity contribution in [3.8, 4) is 0 Å². The first kappa shape index (κ1) is 9.99. The lowest BCUT2D eigenvalue weighted by Gasteiger charge is -2.06. The van der Waals surface area contributed by atoms with Crippen LogP contribution in [0, 0.1) is 0 Å². The van der Waals surface area contributed by atoms with Crippen molar-refractivity contribution >= 4 is 35.1 Å². The van der Waals surface area contributed by atoms with Crippen molar-refractivity contribution in [2.75, 3.05) is 5.73 Å². The second-order valence-corrected chi connectivity index (χ2v) is 3.51. The van der Waals surface area contributed by atoms with Crippen molar-refractivity contribution in [1.29, 1.82) is 0 Å². The van der Waals surface area contributed by atoms with E-state index in [9.17, 15) is 0 Å². The number of rotatable bonds is 0. The summed E-state index contributed by atoms with van der Waals surface area (Å²) in [5, 5.41) is 1.05. The molecule has 2 N–H and O–H groups in total. The van der Waals surface area contributed by atoms with E-state index < -0.39 is 0 Å². The molecule has 0 bridgehead atoms. The third kappa shape index (κ3) is 1.38. The first-order valence-electron chi connectivity index (χ1n) is 4.70. The molecule has 76 valence electrons. The van der Waals surface area contributed by atoms with Crippen molar-refractivity contribution < 1.29 is 0 Å². The maximum absolute atomic E-state index is 6.08. The molecule has 0 amide bonds. The van der Waals surface area contributed by atoms with Crippen LogP contribution in [0.25, 0.3) is 17.0 Å². The Bertz CT molecular complexity index is 547. The Morgan fingerprint density at radius 2 is 2.00 bits per heavy atom. The van der Waals surface area contributed by atoms with Gasteiger partial charge in [0.25, 0.3) is 0 Å². The number of para-hydroxylation sites is 1. The zero-order valence-corrected chi connectivity index (χ0v) is 8.92. The third-order valence-electron chi connectivity index (χ3n) is 2.65. The maximum atomic E-state index is 6.08. The summed E-state index contributed by atoms with van der Waals surface area (Å²) in [6.07, 6.45) is 5.07. The number of allylic oxidation sites excluding steroid dienone is 1. The van der Waals surface area contributed by atoms with Crippen molar-refractivity contribution in [2.24, 2.45) is 0 Å². The molecule has 0 aliphatic heterocycles. The molecule has 1 aliphatic rings. The summed E-state index contributed by atoms with van der Waals surface area (Å²) in [4.78, 5) is 4.57. The van der Waals surface area contributed by atoms with Crippen LogP contribution in [0.1, 0.15) is 11.3 Å². The van der Waals surface area contributed by atoms with Gasteiger partial charge in [-0.25, -0.2) is 0 Å². The second-order valence-electron chi connectivity index (χ2n) is 3.51. The van der Waals surface area contributed by atoms with Crippen molar-refractivity contribution in [3.05, 3.63) is 41.6 Å². The summed E-state index contributed by atoms with van der Waals surface area (Å²) in [6.45, 7) is 0. The van der Waals surface area contributed by atoms with E-state index in [1.165, 1.54) is 0 Å². The third-order valence-corrected chi connectivity index (χ3v) is 2.65. The van der Waals surface area contributed by atoms with Crippen LogP contribution in [-0.2, 0) is 6.42 Å². The molecule has 1 aromatic heterocycles. The normalized spacial score (nSPS) is 12.5. The summed E-state index contributed by atoms with van der Waals surface area (Å²) in [5.41, 5.74) is 10.1. The molecule has 1 aliphatic carbocycles. The van der Waals surface area contributed by atoms with E-state index in [2.05, 4.69) is 17.1 Å². The van der Waals surface area contributed by atoms with Crippen LogP contribution in [0.15, 0.2) is 30.3 Å². The zero-order valence-electron chi connectivity index (χ0n) is 8.10. The molecule has 1 aromatic carbocycles. The van der Waals surface area contributed by atoms with Crippen LogP contribution < -0.4 is 5.73 Å². The fraction of sp³-hybridized carbons (Fsp3) is 0.0833. The highest BCUT2D eigenvalue weighted by atomic mass is 35.5. The lowest BCUT2D eigenvalue weighted by atomic mass is 10.1. The van der Waals surface area contributed by atoms with Crippen molar-refractivity contribution in [3.63, 3.8) is 0 Å². The van der Waals surface area contributed by atoms with E-state index in [0.717, 1.165) is 34.3 Å². The van der Waals surface area contributed by atoms with Gasteiger partial charge in [-0.3, -0.25) is 4.98 Å². The average molecular weight is 219 g/mol. The topological polar surface area (TPSA) is 38.9 Å². The second kappa shape index (κ2) is 3.55. The molecular formula is C12H11ClN2. The lowest BCUT2D eigenvalue weighted by molar-refractivity contribution is 1.17. The zero-order chi connectivity index (χ0) is 9.54. The molecule has 0 saturated carbocycles. The largest absolute Gasteiger partial charge is 0.398 e. The molecule has 0 radical (unpaired) electrons. The van der Waals surface area contributed by atoms with Crippen LogP contribution in [0.5, 0.6) is 0 Å². The van der Waals surface area contributed by atoms with Gasteiger partial charge in [0.05, 0.1) is 16.9 Å². The fourth-order valence-corrected chi connectivity index (χ4v) is 1.94. The quantitative estimate of drug-likeness (QED) is 0.739. The molecule has 3 rings (SSSR count). The summed E-state index contributed by atoms with van der Waals surface area (Å²) >= 11 is 0. The molecule has 2 aromatic rings. The van der Waals surface area contributed by atoms with E-state index in [0.29, 0.717) is 0 Å². The first-order valence-corrected chi connectivity index (χ1v) is 4.70. The van der Waals surface area contributed by atoms with Crippen LogP contribution >= 0.6 is 12.4 Å². The number of hydrogen-bond donors (Lipinski definition) is 1. The van der Waals surface area contributed by atoms with Gasteiger partial charge in [0.1, 0.15) is 0 Å². The predicted octanol–water partition coefficient (Wildman–Crippen LogP) is 2.81. The Labute approximate surface area is 94.2 Å². The highest BCUT2D eigenvalue weighted by Gasteiger charge is 2.12. The van der Waals surface area contributed by atoms with Gasteiger partial charge in [-0.05, 0) is 6.07 Å². The van der Waals surface area contributed by atoms with Crippen LogP contribution in [0.2, 0.25) is 0 Å². The lowest BCUT2D eigenvalue weighted by Crippen LogP contribution is -1.97. The minimum absolute atomic E-state index is 0. The highest BCUT2D eigenvalue weighted by molar-refractivity contribution is 5.95. The average Bonchev–Trinajstić information content (AvgIpc) is 2.66. The molecule has 0 unspecified atom stereocenters. The van der Waals surface area contributed by atoms with Gasteiger partial charge in [-0.15, -0.1) is 12.4 Å². The summed E-state index contributed by atoms with van der Waals surface area (Å²) in [6, 6.07) is 8.00. The molecule has 15 heavy (non-hydrogen) atoms. The fourth-order valence-electron chi connectivity index (χ4n) is 1.94. The molecule has 2 nitrogen and oxygen atoms in total. The monoisotopic (exact) mass is 218 g/mol. The number of anilines is 1. The Kier molecular flexibility index (Phi) is 2.37. The van der Waals surface area contributed by atoms with Crippen LogP contribution in [0.3, 0.4) is 0 Å². The van der Waals surface area contributed by atoms with Crippen molar-refractivity contribution in [1.82, 2.24) is 4.98 Å². The standard InChI is InChI=1S/C12H10N2.ClH/c13-12-8-4-1-2-6-10(8)14-11-7-3-5-9(11)12;/h1-6H,7H2,(H2,13,14);1H.